The van der Waals surface area contributed by atoms with E-state index in [0.29, 0.717) is 5.65 Å². The number of nitrogens with one attached hydrogen (secondary N) is 1. The molecule has 0 spiro atoms. The Hall–Kier alpha value is -2.11. The fourth-order valence-corrected chi connectivity index (χ4v) is 1.22. The third kappa shape index (κ3) is 1.17. The summed E-state index contributed by atoms with van der Waals surface area (Å²) in [5, 5.41) is 11.4. The molecule has 2 aromatic rings. The van der Waals surface area contributed by atoms with Crippen LogP contribution in [0, 0.1) is 6.92 Å². The highest BCUT2D eigenvalue weighted by atomic mass is 16.4. The number of nitrogens with zero attached hydrogens (tertiary/aromatic N) is 2. The van der Waals surface area contributed by atoms with E-state index in [2.05, 4.69) is 10.1 Å². The number of H-pyrrole nitrogens is 1. The van der Waals surface area contributed by atoms with Gasteiger partial charge >= 0.3 is 5.97 Å². The zero-order valence-corrected chi connectivity index (χ0v) is 7.31. The van der Waals surface area contributed by atoms with Crippen LogP contribution in [0.5, 0.6) is 0 Å². The highest BCUT2D eigenvalue weighted by Gasteiger charge is 2.09. The number of aromatic nitrogens is 3. The van der Waals surface area contributed by atoms with Crippen molar-refractivity contribution in [2.45, 2.75) is 6.92 Å². The molecule has 0 aliphatic rings. The van der Waals surface area contributed by atoms with Crippen molar-refractivity contribution in [3.05, 3.63) is 33.9 Å². The second-order valence-corrected chi connectivity index (χ2v) is 2.92. The number of rotatable bonds is 1. The average molecular weight is 193 g/mol. The molecule has 0 aliphatic heterocycles. The summed E-state index contributed by atoms with van der Waals surface area (Å²) in [6.07, 6.45) is 0. The first-order valence-electron chi connectivity index (χ1n) is 3.90. The van der Waals surface area contributed by atoms with Crippen LogP contribution in [0.2, 0.25) is 0 Å². The summed E-state index contributed by atoms with van der Waals surface area (Å²) < 4.78 is 1.20. The molecule has 0 aliphatic carbocycles. The minimum atomic E-state index is -1.21. The molecule has 0 bridgehead atoms. The highest BCUT2D eigenvalue weighted by molar-refractivity contribution is 5.85. The van der Waals surface area contributed by atoms with E-state index in [-0.39, 0.29) is 5.69 Å². The maximum absolute atomic E-state index is 11.3. The van der Waals surface area contributed by atoms with Crippen LogP contribution >= 0.6 is 0 Å². The molecule has 6 heteroatoms. The van der Waals surface area contributed by atoms with E-state index in [1.807, 2.05) is 0 Å². The van der Waals surface area contributed by atoms with Crippen molar-refractivity contribution in [1.29, 1.82) is 0 Å². The number of carboxylic acids is 1. The lowest BCUT2D eigenvalue weighted by Crippen LogP contribution is -2.17. The number of carboxylic acid groups (broad SMARTS) is 1. The molecule has 0 fully saturated rings. The average Bonchev–Trinajstić information content (AvgIpc) is 2.45. The summed E-state index contributed by atoms with van der Waals surface area (Å²) in [6, 6.07) is 2.58. The maximum Gasteiger partial charge on any atom is 0.354 e. The number of hydrogen-bond donors (Lipinski definition) is 2. The fraction of sp³-hybridized carbons (Fsp3) is 0.125. The van der Waals surface area contributed by atoms with Crippen LogP contribution in [0.1, 0.15) is 16.2 Å². The van der Waals surface area contributed by atoms with Crippen molar-refractivity contribution in [3.63, 3.8) is 0 Å². The van der Waals surface area contributed by atoms with Gasteiger partial charge in [0, 0.05) is 17.8 Å². The van der Waals surface area contributed by atoms with E-state index in [1.54, 1.807) is 13.0 Å². The van der Waals surface area contributed by atoms with E-state index < -0.39 is 11.5 Å². The summed E-state index contributed by atoms with van der Waals surface area (Å²) in [5.74, 6) is -1.21. The van der Waals surface area contributed by atoms with Crippen molar-refractivity contribution in [2.75, 3.05) is 0 Å². The molecular formula is C8H7N3O3. The van der Waals surface area contributed by atoms with Gasteiger partial charge < -0.3 is 5.11 Å². The van der Waals surface area contributed by atoms with Crippen molar-refractivity contribution < 1.29 is 9.90 Å². The Kier molecular flexibility index (Phi) is 1.63. The Labute approximate surface area is 77.8 Å². The molecule has 0 unspecified atom stereocenters. The molecule has 0 aromatic carbocycles. The second-order valence-electron chi connectivity index (χ2n) is 2.92. The zero-order valence-electron chi connectivity index (χ0n) is 7.31. The van der Waals surface area contributed by atoms with Crippen LogP contribution in [0.4, 0.5) is 0 Å². The topological polar surface area (TPSA) is 87.5 Å². The van der Waals surface area contributed by atoms with Crippen LogP contribution in [0.3, 0.4) is 0 Å². The first-order valence-corrected chi connectivity index (χ1v) is 3.90. The van der Waals surface area contributed by atoms with Crippen molar-refractivity contribution in [3.8, 4) is 0 Å². The quantitative estimate of drug-likeness (QED) is 0.668. The Morgan fingerprint density at radius 2 is 2.29 bits per heavy atom. The van der Waals surface area contributed by atoms with Crippen LogP contribution in [0.25, 0.3) is 5.65 Å². The molecule has 2 heterocycles. The van der Waals surface area contributed by atoms with Crippen molar-refractivity contribution >= 4 is 11.6 Å². The van der Waals surface area contributed by atoms with Gasteiger partial charge in [0.2, 0.25) is 0 Å². The summed E-state index contributed by atoms with van der Waals surface area (Å²) in [5.41, 5.74) is 0.388. The molecule has 2 aromatic heterocycles. The summed E-state index contributed by atoms with van der Waals surface area (Å²) in [6.45, 7) is 1.76. The molecule has 0 amide bonds. The van der Waals surface area contributed by atoms with Gasteiger partial charge in [-0.15, -0.1) is 0 Å². The molecule has 6 nitrogen and oxygen atoms in total. The third-order valence-electron chi connectivity index (χ3n) is 1.80. The predicted molar refractivity (Wildman–Crippen MR) is 47.5 cm³/mol. The van der Waals surface area contributed by atoms with E-state index in [9.17, 15) is 9.59 Å². The van der Waals surface area contributed by atoms with Gasteiger partial charge in [0.25, 0.3) is 5.56 Å². The summed E-state index contributed by atoms with van der Waals surface area (Å²) >= 11 is 0. The summed E-state index contributed by atoms with van der Waals surface area (Å²) in [4.78, 5) is 25.7. The van der Waals surface area contributed by atoms with E-state index in [4.69, 9.17) is 5.11 Å². The number of aryl methyl sites for hydroxylation is 1. The van der Waals surface area contributed by atoms with E-state index >= 15 is 0 Å². The normalized spacial score (nSPS) is 10.6. The highest BCUT2D eigenvalue weighted by Crippen LogP contribution is 2.00. The second kappa shape index (κ2) is 2.69. The fourth-order valence-electron chi connectivity index (χ4n) is 1.22. The van der Waals surface area contributed by atoms with Gasteiger partial charge in [0.15, 0.2) is 11.3 Å². The summed E-state index contributed by atoms with van der Waals surface area (Å²) in [7, 11) is 0. The van der Waals surface area contributed by atoms with Gasteiger partial charge in [-0.1, -0.05) is 0 Å². The molecule has 0 saturated carbocycles. The molecular weight excluding hydrogens is 186 g/mol. The van der Waals surface area contributed by atoms with Gasteiger partial charge in [0.05, 0.1) is 0 Å². The number of fused-ring (bicyclic) bond motifs is 1. The van der Waals surface area contributed by atoms with Crippen LogP contribution in [-0.2, 0) is 0 Å². The lowest BCUT2D eigenvalue weighted by atomic mass is 10.4. The number of aromatic carboxylic acids is 1. The Morgan fingerprint density at radius 3 is 2.93 bits per heavy atom. The van der Waals surface area contributed by atoms with E-state index in [1.165, 1.54) is 4.52 Å². The molecule has 2 rings (SSSR count). The smallest absolute Gasteiger partial charge is 0.354 e. The zero-order chi connectivity index (χ0) is 10.3. The predicted octanol–water partition coefficient (Wildman–Crippen LogP) is 0.0292. The molecule has 0 saturated heterocycles. The van der Waals surface area contributed by atoms with Gasteiger partial charge in [0.1, 0.15) is 0 Å². The standard InChI is InChI=1S/C8H7N3O3/c1-4-2-6-9-5(8(13)14)3-7(12)11(6)10-4/h2-3,10H,1H3,(H,13,14). The largest absolute Gasteiger partial charge is 0.477 e. The van der Waals surface area contributed by atoms with Crippen molar-refractivity contribution in [1.82, 2.24) is 14.6 Å². The number of aromatic amines is 1. The SMILES string of the molecule is Cc1cc2nc(C(=O)O)cc(=O)n2[nH]1. The van der Waals surface area contributed by atoms with Crippen LogP contribution in [0.15, 0.2) is 16.9 Å². The van der Waals surface area contributed by atoms with Gasteiger partial charge in [-0.25, -0.2) is 14.3 Å². The molecule has 2 N–H and O–H groups in total. The van der Waals surface area contributed by atoms with Crippen molar-refractivity contribution in [2.24, 2.45) is 0 Å². The van der Waals surface area contributed by atoms with Gasteiger partial charge in [-0.3, -0.25) is 9.89 Å². The minimum absolute atomic E-state index is 0.242. The molecule has 72 valence electrons. The Bertz CT molecular complexity index is 567. The minimum Gasteiger partial charge on any atom is -0.477 e. The van der Waals surface area contributed by atoms with Crippen LogP contribution < -0.4 is 5.56 Å². The first-order chi connectivity index (χ1) is 6.58. The van der Waals surface area contributed by atoms with E-state index in [0.717, 1.165) is 11.8 Å². The number of carbonyl (C=O) groups is 1. The molecule has 0 atom stereocenters. The molecule has 14 heavy (non-hydrogen) atoms. The van der Waals surface area contributed by atoms with Gasteiger partial charge in [-0.05, 0) is 6.92 Å². The lowest BCUT2D eigenvalue weighted by Gasteiger charge is -1.94. The number of hydrogen-bond acceptors (Lipinski definition) is 3. The Balaban J connectivity index is 2.84. The maximum atomic E-state index is 11.3. The van der Waals surface area contributed by atoms with Crippen LogP contribution in [-0.4, -0.2) is 25.7 Å². The lowest BCUT2D eigenvalue weighted by molar-refractivity contribution is 0.0690. The monoisotopic (exact) mass is 193 g/mol. The third-order valence-corrected chi connectivity index (χ3v) is 1.80. The Morgan fingerprint density at radius 1 is 1.57 bits per heavy atom. The van der Waals surface area contributed by atoms with Gasteiger partial charge in [-0.2, -0.15) is 0 Å². The first kappa shape index (κ1) is 8.49. The molecule has 0 radical (unpaired) electrons.